The van der Waals surface area contributed by atoms with E-state index in [1.807, 2.05) is 0 Å². The molecule has 2 aromatic heterocycles. The number of aromatic hydroxyl groups is 1. The van der Waals surface area contributed by atoms with Crippen molar-refractivity contribution in [1.29, 1.82) is 0 Å². The fourth-order valence-electron chi connectivity index (χ4n) is 4.93. The van der Waals surface area contributed by atoms with E-state index in [0.29, 0.717) is 28.7 Å². The number of esters is 1. The minimum atomic E-state index is -1.91. The van der Waals surface area contributed by atoms with Gasteiger partial charge < -0.3 is 24.3 Å². The zero-order chi connectivity index (χ0) is 21.7. The van der Waals surface area contributed by atoms with Gasteiger partial charge in [-0.1, -0.05) is 6.92 Å². The van der Waals surface area contributed by atoms with Gasteiger partial charge in [-0.05, 0) is 18.1 Å². The molecule has 0 saturated heterocycles. The van der Waals surface area contributed by atoms with Crippen LogP contribution in [0.4, 0.5) is 4.39 Å². The number of aromatic nitrogens is 2. The Labute approximate surface area is 174 Å². The SMILES string of the molecule is CC[C@@]1(O)C(=O)OCc2c1cc1n(c2=O)Cc2c-1nc1cc(F)c(O)c3c1c2CCO3. The summed E-state index contributed by atoms with van der Waals surface area (Å²) in [7, 11) is 0. The Morgan fingerprint density at radius 2 is 2.03 bits per heavy atom. The molecular formula is C22H17FN2O6. The second kappa shape index (κ2) is 5.82. The van der Waals surface area contributed by atoms with E-state index in [-0.39, 0.29) is 48.6 Å². The van der Waals surface area contributed by atoms with Crippen LogP contribution in [0.15, 0.2) is 16.9 Å². The molecule has 1 atom stereocenters. The summed E-state index contributed by atoms with van der Waals surface area (Å²) in [6, 6.07) is 2.76. The predicted octanol–water partition coefficient (Wildman–Crippen LogP) is 1.86. The number of phenols is 1. The fourth-order valence-corrected chi connectivity index (χ4v) is 4.93. The summed E-state index contributed by atoms with van der Waals surface area (Å²) in [4.78, 5) is 30.2. The third-order valence-electron chi connectivity index (χ3n) is 6.57. The van der Waals surface area contributed by atoms with E-state index in [9.17, 15) is 24.2 Å². The number of aliphatic hydroxyl groups is 1. The van der Waals surface area contributed by atoms with E-state index < -0.39 is 23.1 Å². The van der Waals surface area contributed by atoms with Crippen LogP contribution in [0.2, 0.25) is 0 Å². The molecule has 5 heterocycles. The van der Waals surface area contributed by atoms with Gasteiger partial charge in [0.05, 0.1) is 41.0 Å². The molecule has 0 fully saturated rings. The van der Waals surface area contributed by atoms with Crippen LogP contribution >= 0.6 is 0 Å². The summed E-state index contributed by atoms with van der Waals surface area (Å²) < 4.78 is 26.4. The maximum Gasteiger partial charge on any atom is 0.343 e. The van der Waals surface area contributed by atoms with E-state index >= 15 is 0 Å². The lowest BCUT2D eigenvalue weighted by molar-refractivity contribution is -0.172. The Kier molecular flexibility index (Phi) is 3.44. The van der Waals surface area contributed by atoms with E-state index in [4.69, 9.17) is 9.47 Å². The number of hydrogen-bond donors (Lipinski definition) is 2. The molecule has 0 unspecified atom stereocenters. The van der Waals surface area contributed by atoms with Crippen LogP contribution in [0.25, 0.3) is 22.3 Å². The van der Waals surface area contributed by atoms with Crippen molar-refractivity contribution in [2.45, 2.75) is 38.5 Å². The van der Waals surface area contributed by atoms with Gasteiger partial charge in [0.25, 0.3) is 5.56 Å². The number of nitrogens with zero attached hydrogens (tertiary/aromatic N) is 2. The van der Waals surface area contributed by atoms with Crippen molar-refractivity contribution in [1.82, 2.24) is 9.55 Å². The van der Waals surface area contributed by atoms with Crippen LogP contribution in [0, 0.1) is 5.82 Å². The number of cyclic esters (lactones) is 1. The Morgan fingerprint density at radius 3 is 2.81 bits per heavy atom. The number of phenolic OH excluding ortho intramolecular Hbond substituents is 1. The Morgan fingerprint density at radius 1 is 1.23 bits per heavy atom. The van der Waals surface area contributed by atoms with Crippen LogP contribution in [0.3, 0.4) is 0 Å². The van der Waals surface area contributed by atoms with Crippen molar-refractivity contribution in [3.63, 3.8) is 0 Å². The molecule has 0 amide bonds. The molecule has 0 bridgehead atoms. The first-order valence-electron chi connectivity index (χ1n) is 10.0. The molecule has 3 aromatic rings. The van der Waals surface area contributed by atoms with Gasteiger partial charge in [-0.25, -0.2) is 14.2 Å². The number of carbonyl (C=O) groups excluding carboxylic acids is 1. The number of benzene rings is 1. The molecule has 31 heavy (non-hydrogen) atoms. The molecule has 0 spiro atoms. The zero-order valence-electron chi connectivity index (χ0n) is 16.5. The van der Waals surface area contributed by atoms with Gasteiger partial charge in [0, 0.05) is 23.6 Å². The van der Waals surface area contributed by atoms with E-state index in [2.05, 4.69) is 4.98 Å². The third-order valence-corrected chi connectivity index (χ3v) is 6.57. The van der Waals surface area contributed by atoms with Crippen molar-refractivity contribution in [3.05, 3.63) is 50.6 Å². The number of ether oxygens (including phenoxy) is 2. The minimum absolute atomic E-state index is 0.0518. The quantitative estimate of drug-likeness (QED) is 0.449. The lowest BCUT2D eigenvalue weighted by Crippen LogP contribution is -2.44. The predicted molar refractivity (Wildman–Crippen MR) is 105 cm³/mol. The largest absolute Gasteiger partial charge is 0.502 e. The lowest BCUT2D eigenvalue weighted by atomic mass is 9.86. The van der Waals surface area contributed by atoms with E-state index in [1.54, 1.807) is 13.0 Å². The summed E-state index contributed by atoms with van der Waals surface area (Å²) in [6.45, 7) is 1.94. The highest BCUT2D eigenvalue weighted by atomic mass is 19.1. The lowest BCUT2D eigenvalue weighted by Gasteiger charge is -2.31. The second-order valence-corrected chi connectivity index (χ2v) is 8.05. The number of hydrogen-bond acceptors (Lipinski definition) is 7. The molecule has 2 N–H and O–H groups in total. The highest BCUT2D eigenvalue weighted by molar-refractivity contribution is 5.95. The second-order valence-electron chi connectivity index (χ2n) is 8.05. The van der Waals surface area contributed by atoms with Crippen molar-refractivity contribution in [3.8, 4) is 22.9 Å². The molecule has 0 radical (unpaired) electrons. The molecule has 1 aromatic carbocycles. The monoisotopic (exact) mass is 424 g/mol. The van der Waals surface area contributed by atoms with Crippen molar-refractivity contribution in [2.24, 2.45) is 0 Å². The van der Waals surface area contributed by atoms with E-state index in [0.717, 1.165) is 17.2 Å². The van der Waals surface area contributed by atoms with E-state index in [1.165, 1.54) is 4.57 Å². The molecule has 8 nitrogen and oxygen atoms in total. The summed E-state index contributed by atoms with van der Waals surface area (Å²) in [5.41, 5.74) is 1.10. The first-order chi connectivity index (χ1) is 14.8. The molecular weight excluding hydrogens is 407 g/mol. The Hall–Kier alpha value is -3.46. The Bertz CT molecular complexity index is 1410. The number of pyridine rings is 2. The molecule has 3 aliphatic rings. The van der Waals surface area contributed by atoms with Gasteiger partial charge in [-0.3, -0.25) is 4.79 Å². The average Bonchev–Trinajstić information content (AvgIpc) is 3.14. The number of fused-ring (bicyclic) bond motifs is 5. The first-order valence-corrected chi connectivity index (χ1v) is 10.0. The molecule has 0 aliphatic carbocycles. The highest BCUT2D eigenvalue weighted by Crippen LogP contribution is 2.46. The van der Waals surface area contributed by atoms with Crippen LogP contribution < -0.4 is 10.3 Å². The van der Waals surface area contributed by atoms with Crippen LogP contribution in [-0.2, 0) is 34.7 Å². The van der Waals surface area contributed by atoms with Gasteiger partial charge in [-0.15, -0.1) is 0 Å². The average molecular weight is 424 g/mol. The minimum Gasteiger partial charge on any atom is -0.502 e. The normalized spacial score (nSPS) is 20.7. The molecule has 3 aliphatic heterocycles. The van der Waals surface area contributed by atoms with Gasteiger partial charge >= 0.3 is 5.97 Å². The standard InChI is InChI=1S/C22H17FN2O6/c1-2-22(29)12-5-15-17-10(7-25(15)20(27)11(12)8-31-21(22)28)9-3-4-30-19-16(9)14(24-17)6-13(23)18(19)26/h5-6,26,29H,2-4,7-8H2,1H3/t22-/m0/s1. The van der Waals surface area contributed by atoms with Crippen molar-refractivity contribution < 1.29 is 28.9 Å². The Balaban J connectivity index is 1.68. The first kappa shape index (κ1) is 18.3. The molecule has 158 valence electrons. The number of halogens is 1. The number of rotatable bonds is 1. The third kappa shape index (κ3) is 2.13. The van der Waals surface area contributed by atoms with Crippen molar-refractivity contribution >= 4 is 16.9 Å². The maximum atomic E-state index is 14.3. The molecule has 0 saturated carbocycles. The summed E-state index contributed by atoms with van der Waals surface area (Å²) in [6.07, 6.45) is 0.568. The van der Waals surface area contributed by atoms with Crippen molar-refractivity contribution in [2.75, 3.05) is 6.61 Å². The number of carbonyl (C=O) groups is 1. The maximum absolute atomic E-state index is 14.3. The summed E-state index contributed by atoms with van der Waals surface area (Å²) >= 11 is 0. The smallest absolute Gasteiger partial charge is 0.343 e. The highest BCUT2D eigenvalue weighted by Gasteiger charge is 2.45. The molecule has 9 heteroatoms. The fraction of sp³-hybridized carbons (Fsp3) is 0.318. The van der Waals surface area contributed by atoms with Crippen LogP contribution in [0.5, 0.6) is 11.5 Å². The van der Waals surface area contributed by atoms with Gasteiger partial charge in [-0.2, -0.15) is 0 Å². The van der Waals surface area contributed by atoms with Crippen LogP contribution in [-0.4, -0.2) is 32.3 Å². The summed E-state index contributed by atoms with van der Waals surface area (Å²) in [5.74, 6) is -2.12. The van der Waals surface area contributed by atoms with Gasteiger partial charge in [0.15, 0.2) is 22.9 Å². The van der Waals surface area contributed by atoms with Crippen LogP contribution in [0.1, 0.15) is 35.6 Å². The van der Waals surface area contributed by atoms with Gasteiger partial charge in [0.2, 0.25) is 0 Å². The molecule has 6 rings (SSSR count). The topological polar surface area (TPSA) is 111 Å². The summed E-state index contributed by atoms with van der Waals surface area (Å²) in [5, 5.41) is 21.6. The van der Waals surface area contributed by atoms with Gasteiger partial charge in [0.1, 0.15) is 6.61 Å². The zero-order valence-corrected chi connectivity index (χ0v) is 16.5.